The van der Waals surface area contributed by atoms with Crippen LogP contribution in [0.1, 0.15) is 30.7 Å². The minimum Gasteiger partial charge on any atom is -0.481 e. The molecule has 106 valence electrons. The van der Waals surface area contributed by atoms with Gasteiger partial charge < -0.3 is 10.1 Å². The molecule has 2 aromatic heterocycles. The van der Waals surface area contributed by atoms with E-state index in [1.165, 1.54) is 0 Å². The number of aromatic amines is 1. The summed E-state index contributed by atoms with van der Waals surface area (Å²) in [7, 11) is 0. The van der Waals surface area contributed by atoms with Gasteiger partial charge in [0.05, 0.1) is 18.1 Å². The van der Waals surface area contributed by atoms with Gasteiger partial charge >= 0.3 is 5.97 Å². The number of fused-ring (bicyclic) bond motifs is 3. The van der Waals surface area contributed by atoms with E-state index in [4.69, 9.17) is 5.11 Å². The van der Waals surface area contributed by atoms with E-state index in [0.29, 0.717) is 5.92 Å². The van der Waals surface area contributed by atoms with Gasteiger partial charge in [0, 0.05) is 22.5 Å². The molecule has 0 spiro atoms. The number of benzene rings is 1. The molecule has 1 aliphatic carbocycles. The van der Waals surface area contributed by atoms with Crippen molar-refractivity contribution < 1.29 is 9.90 Å². The summed E-state index contributed by atoms with van der Waals surface area (Å²) in [5, 5.41) is 11.5. The summed E-state index contributed by atoms with van der Waals surface area (Å²) in [4.78, 5) is 18.6. The first-order chi connectivity index (χ1) is 10.2. The average molecular weight is 280 g/mol. The summed E-state index contributed by atoms with van der Waals surface area (Å²) in [5.41, 5.74) is 3.24. The van der Waals surface area contributed by atoms with Crippen LogP contribution in [-0.2, 0) is 4.79 Å². The maximum absolute atomic E-state index is 11.1. The van der Waals surface area contributed by atoms with Gasteiger partial charge in [0.2, 0.25) is 0 Å². The molecule has 0 aliphatic heterocycles. The second-order valence-corrected chi connectivity index (χ2v) is 5.89. The second kappa shape index (κ2) is 4.58. The lowest BCUT2D eigenvalue weighted by Gasteiger charge is -2.14. The average Bonchev–Trinajstić information content (AvgIpc) is 3.25. The Balaban J connectivity index is 1.84. The van der Waals surface area contributed by atoms with Crippen LogP contribution in [0.15, 0.2) is 36.7 Å². The fraction of sp³-hybridized carbons (Fsp3) is 0.294. The number of aromatic nitrogens is 2. The molecular weight excluding hydrogens is 264 g/mol. The van der Waals surface area contributed by atoms with Crippen molar-refractivity contribution in [3.05, 3.63) is 42.2 Å². The lowest BCUT2D eigenvalue weighted by Crippen LogP contribution is -2.08. The highest BCUT2D eigenvalue weighted by Gasteiger charge is 2.33. The summed E-state index contributed by atoms with van der Waals surface area (Å²) in [5.74, 6) is -0.0424. The number of rotatable bonds is 4. The first-order valence-electron chi connectivity index (χ1n) is 7.29. The van der Waals surface area contributed by atoms with E-state index < -0.39 is 5.97 Å². The van der Waals surface area contributed by atoms with Crippen LogP contribution in [0.25, 0.3) is 21.8 Å². The first kappa shape index (κ1) is 12.4. The fourth-order valence-electron chi connectivity index (χ4n) is 3.24. The molecule has 0 radical (unpaired) electrons. The Morgan fingerprint density at radius 1 is 1.29 bits per heavy atom. The van der Waals surface area contributed by atoms with Gasteiger partial charge in [-0.2, -0.15) is 0 Å². The Morgan fingerprint density at radius 2 is 2.14 bits per heavy atom. The van der Waals surface area contributed by atoms with Crippen molar-refractivity contribution in [2.75, 3.05) is 0 Å². The molecule has 1 fully saturated rings. The Morgan fingerprint density at radius 3 is 2.90 bits per heavy atom. The number of pyridine rings is 1. The van der Waals surface area contributed by atoms with Gasteiger partial charge in [-0.1, -0.05) is 6.07 Å². The molecule has 2 N–H and O–H groups in total. The highest BCUT2D eigenvalue weighted by Crippen LogP contribution is 2.45. The van der Waals surface area contributed by atoms with Crippen LogP contribution < -0.4 is 0 Å². The molecule has 4 heteroatoms. The van der Waals surface area contributed by atoms with Crippen molar-refractivity contribution in [3.8, 4) is 0 Å². The zero-order valence-electron chi connectivity index (χ0n) is 11.5. The standard InChI is InChI=1S/C17H16N2O2/c20-17(21)8-13(10-1-2-10)11-3-4-15-14(7-11)12-5-6-18-9-16(12)19-15/h3-7,9-10,13,19H,1-2,8H2,(H,20,21). The quantitative estimate of drug-likeness (QED) is 0.766. The maximum Gasteiger partial charge on any atom is 0.303 e. The first-order valence-corrected chi connectivity index (χ1v) is 7.29. The third-order valence-corrected chi connectivity index (χ3v) is 4.44. The summed E-state index contributed by atoms with van der Waals surface area (Å²) >= 11 is 0. The number of H-pyrrole nitrogens is 1. The van der Waals surface area contributed by atoms with Crippen LogP contribution in [0.5, 0.6) is 0 Å². The zero-order chi connectivity index (χ0) is 14.4. The highest BCUT2D eigenvalue weighted by atomic mass is 16.4. The Hall–Kier alpha value is -2.36. The van der Waals surface area contributed by atoms with E-state index in [-0.39, 0.29) is 12.3 Å². The van der Waals surface area contributed by atoms with Crippen molar-refractivity contribution >= 4 is 27.8 Å². The maximum atomic E-state index is 11.1. The molecule has 4 nitrogen and oxygen atoms in total. The Bertz CT molecular complexity index is 833. The molecule has 1 atom stereocenters. The van der Waals surface area contributed by atoms with Crippen LogP contribution in [0.3, 0.4) is 0 Å². The van der Waals surface area contributed by atoms with Gasteiger partial charge in [-0.3, -0.25) is 9.78 Å². The Kier molecular flexibility index (Phi) is 2.70. The molecule has 1 aliphatic rings. The summed E-state index contributed by atoms with van der Waals surface area (Å²) in [6.45, 7) is 0. The molecule has 1 saturated carbocycles. The minimum absolute atomic E-state index is 0.138. The molecule has 0 amide bonds. The molecule has 1 unspecified atom stereocenters. The van der Waals surface area contributed by atoms with Crippen molar-refractivity contribution in [2.45, 2.75) is 25.2 Å². The smallest absolute Gasteiger partial charge is 0.303 e. The predicted molar refractivity (Wildman–Crippen MR) is 81.3 cm³/mol. The molecule has 4 rings (SSSR count). The predicted octanol–water partition coefficient (Wildman–Crippen LogP) is 3.68. The molecule has 3 aromatic rings. The normalized spacial score (nSPS) is 16.4. The van der Waals surface area contributed by atoms with Crippen molar-refractivity contribution in [2.24, 2.45) is 5.92 Å². The third kappa shape index (κ3) is 2.17. The van der Waals surface area contributed by atoms with E-state index in [9.17, 15) is 4.79 Å². The van der Waals surface area contributed by atoms with Gasteiger partial charge in [0.15, 0.2) is 0 Å². The van der Waals surface area contributed by atoms with Gasteiger partial charge in [-0.25, -0.2) is 0 Å². The second-order valence-electron chi connectivity index (χ2n) is 5.89. The van der Waals surface area contributed by atoms with E-state index in [1.54, 1.807) is 6.20 Å². The van der Waals surface area contributed by atoms with Gasteiger partial charge in [0.1, 0.15) is 0 Å². The van der Waals surface area contributed by atoms with Gasteiger partial charge in [0.25, 0.3) is 0 Å². The van der Waals surface area contributed by atoms with Crippen molar-refractivity contribution in [1.82, 2.24) is 9.97 Å². The highest BCUT2D eigenvalue weighted by molar-refractivity contribution is 6.07. The molecule has 0 saturated heterocycles. The molecular formula is C17H16N2O2. The monoisotopic (exact) mass is 280 g/mol. The number of nitrogens with zero attached hydrogens (tertiary/aromatic N) is 1. The van der Waals surface area contributed by atoms with E-state index in [2.05, 4.69) is 28.2 Å². The SMILES string of the molecule is O=C(O)CC(c1ccc2[nH]c3cnccc3c2c1)C1CC1. The largest absolute Gasteiger partial charge is 0.481 e. The van der Waals surface area contributed by atoms with Crippen LogP contribution in [-0.4, -0.2) is 21.0 Å². The van der Waals surface area contributed by atoms with Gasteiger partial charge in [-0.05, 0) is 48.4 Å². The van der Waals surface area contributed by atoms with Crippen LogP contribution >= 0.6 is 0 Å². The van der Waals surface area contributed by atoms with E-state index in [0.717, 1.165) is 40.2 Å². The third-order valence-electron chi connectivity index (χ3n) is 4.44. The summed E-state index contributed by atoms with van der Waals surface area (Å²) in [6, 6.07) is 8.28. The van der Waals surface area contributed by atoms with Crippen LogP contribution in [0, 0.1) is 5.92 Å². The summed E-state index contributed by atoms with van der Waals surface area (Å²) < 4.78 is 0. The minimum atomic E-state index is -0.713. The topological polar surface area (TPSA) is 66.0 Å². The number of carboxylic acid groups (broad SMARTS) is 1. The van der Waals surface area contributed by atoms with Crippen LogP contribution in [0.2, 0.25) is 0 Å². The van der Waals surface area contributed by atoms with E-state index in [1.807, 2.05) is 12.3 Å². The number of hydrogen-bond donors (Lipinski definition) is 2. The number of aliphatic carboxylic acids is 1. The lowest BCUT2D eigenvalue weighted by molar-refractivity contribution is -0.137. The fourth-order valence-corrected chi connectivity index (χ4v) is 3.24. The van der Waals surface area contributed by atoms with Crippen molar-refractivity contribution in [1.29, 1.82) is 0 Å². The number of carboxylic acids is 1. The van der Waals surface area contributed by atoms with Crippen LogP contribution in [0.4, 0.5) is 0 Å². The molecule has 21 heavy (non-hydrogen) atoms. The molecule has 0 bridgehead atoms. The number of hydrogen-bond acceptors (Lipinski definition) is 2. The Labute approximate surface area is 121 Å². The number of carbonyl (C=O) groups is 1. The van der Waals surface area contributed by atoms with Crippen molar-refractivity contribution in [3.63, 3.8) is 0 Å². The van der Waals surface area contributed by atoms with E-state index >= 15 is 0 Å². The lowest BCUT2D eigenvalue weighted by atomic mass is 9.90. The summed E-state index contributed by atoms with van der Waals surface area (Å²) in [6.07, 6.45) is 6.13. The molecule has 2 heterocycles. The van der Waals surface area contributed by atoms with Gasteiger partial charge in [-0.15, -0.1) is 0 Å². The molecule has 1 aromatic carbocycles. The number of nitrogens with one attached hydrogen (secondary N) is 1. The zero-order valence-corrected chi connectivity index (χ0v) is 11.5.